The lowest BCUT2D eigenvalue weighted by Gasteiger charge is -2.22. The zero-order valence-electron chi connectivity index (χ0n) is 12.8. The maximum Gasteiger partial charge on any atom is 0.310 e. The van der Waals surface area contributed by atoms with Gasteiger partial charge in [-0.2, -0.15) is 0 Å². The molecule has 120 valence electrons. The first kappa shape index (κ1) is 18.5. The van der Waals surface area contributed by atoms with E-state index in [0.29, 0.717) is 28.7 Å². The van der Waals surface area contributed by atoms with Crippen molar-refractivity contribution in [2.75, 3.05) is 20.2 Å². The molecule has 1 unspecified atom stereocenters. The van der Waals surface area contributed by atoms with E-state index < -0.39 is 0 Å². The van der Waals surface area contributed by atoms with Gasteiger partial charge in [-0.3, -0.25) is 9.59 Å². The van der Waals surface area contributed by atoms with Gasteiger partial charge < -0.3 is 9.64 Å². The fourth-order valence-corrected chi connectivity index (χ4v) is 2.36. The molecule has 0 saturated heterocycles. The van der Waals surface area contributed by atoms with Gasteiger partial charge in [0.1, 0.15) is 0 Å². The molecule has 1 atom stereocenters. The third-order valence-electron chi connectivity index (χ3n) is 3.16. The number of halogens is 2. The summed E-state index contributed by atoms with van der Waals surface area (Å²) in [4.78, 5) is 25.2. The molecule has 1 aromatic carbocycles. The van der Waals surface area contributed by atoms with Crippen molar-refractivity contribution in [3.8, 4) is 0 Å². The summed E-state index contributed by atoms with van der Waals surface area (Å²) in [7, 11) is 1.33. The van der Waals surface area contributed by atoms with Crippen LogP contribution in [0.3, 0.4) is 0 Å². The minimum absolute atomic E-state index is 0.190. The van der Waals surface area contributed by atoms with Crippen LogP contribution in [0.1, 0.15) is 19.4 Å². The SMILES string of the molecule is CCN(CC(C)C(=O)OC)C(=O)/C=C/c1ccc(Cl)cc1Cl. The highest BCUT2D eigenvalue weighted by molar-refractivity contribution is 6.35. The molecule has 0 fully saturated rings. The third kappa shape index (κ3) is 5.35. The van der Waals surface area contributed by atoms with Gasteiger partial charge in [0.25, 0.3) is 0 Å². The van der Waals surface area contributed by atoms with Gasteiger partial charge in [-0.15, -0.1) is 0 Å². The molecule has 0 bridgehead atoms. The number of hydrogen-bond acceptors (Lipinski definition) is 3. The van der Waals surface area contributed by atoms with Crippen LogP contribution in [0.2, 0.25) is 10.0 Å². The van der Waals surface area contributed by atoms with E-state index in [-0.39, 0.29) is 17.8 Å². The van der Waals surface area contributed by atoms with Gasteiger partial charge >= 0.3 is 5.97 Å². The molecule has 0 saturated carbocycles. The van der Waals surface area contributed by atoms with Crippen molar-refractivity contribution in [1.82, 2.24) is 4.90 Å². The van der Waals surface area contributed by atoms with Gasteiger partial charge in [-0.25, -0.2) is 0 Å². The predicted molar refractivity (Wildman–Crippen MR) is 88.9 cm³/mol. The molecular weight excluding hydrogens is 325 g/mol. The summed E-state index contributed by atoms with van der Waals surface area (Å²) in [5.74, 6) is -0.901. The van der Waals surface area contributed by atoms with Crippen LogP contribution in [0.25, 0.3) is 6.08 Å². The largest absolute Gasteiger partial charge is 0.469 e. The molecular formula is C16H19Cl2NO3. The van der Waals surface area contributed by atoms with Gasteiger partial charge in [0, 0.05) is 29.2 Å². The standard InChI is InChI=1S/C16H19Cl2NO3/c1-4-19(10-11(2)16(21)22-3)15(20)8-6-12-5-7-13(17)9-14(12)18/h5-9,11H,4,10H2,1-3H3/b8-6+. The topological polar surface area (TPSA) is 46.6 Å². The number of likely N-dealkylation sites (N-methyl/N-ethyl adjacent to an activating group) is 1. The van der Waals surface area contributed by atoms with Crippen molar-refractivity contribution in [3.63, 3.8) is 0 Å². The number of benzene rings is 1. The highest BCUT2D eigenvalue weighted by Crippen LogP contribution is 2.22. The summed E-state index contributed by atoms with van der Waals surface area (Å²) in [6, 6.07) is 5.06. The number of methoxy groups -OCH3 is 1. The number of esters is 1. The minimum Gasteiger partial charge on any atom is -0.469 e. The lowest BCUT2D eigenvalue weighted by Crippen LogP contribution is -2.36. The Morgan fingerprint density at radius 1 is 1.36 bits per heavy atom. The fraction of sp³-hybridized carbons (Fsp3) is 0.375. The van der Waals surface area contributed by atoms with E-state index in [0.717, 1.165) is 0 Å². The first-order valence-corrected chi connectivity index (χ1v) is 7.64. The summed E-state index contributed by atoms with van der Waals surface area (Å²) in [6.45, 7) is 4.38. The molecule has 1 amide bonds. The van der Waals surface area contributed by atoms with E-state index in [9.17, 15) is 9.59 Å². The van der Waals surface area contributed by atoms with Gasteiger partial charge in [0.2, 0.25) is 5.91 Å². The lowest BCUT2D eigenvalue weighted by molar-refractivity contribution is -0.146. The average Bonchev–Trinajstić information content (AvgIpc) is 2.50. The first-order chi connectivity index (χ1) is 10.4. The zero-order valence-corrected chi connectivity index (χ0v) is 14.3. The number of carbonyl (C=O) groups excluding carboxylic acids is 2. The van der Waals surface area contributed by atoms with Crippen molar-refractivity contribution in [2.45, 2.75) is 13.8 Å². The molecule has 0 aliphatic heterocycles. The van der Waals surface area contributed by atoms with Gasteiger partial charge in [0.15, 0.2) is 0 Å². The van der Waals surface area contributed by atoms with Gasteiger partial charge in [0.05, 0.1) is 13.0 Å². The van der Waals surface area contributed by atoms with Crippen molar-refractivity contribution < 1.29 is 14.3 Å². The molecule has 0 aromatic heterocycles. The molecule has 1 rings (SSSR count). The van der Waals surface area contributed by atoms with E-state index in [2.05, 4.69) is 4.74 Å². The van der Waals surface area contributed by atoms with E-state index in [1.165, 1.54) is 13.2 Å². The Morgan fingerprint density at radius 3 is 2.59 bits per heavy atom. The molecule has 0 radical (unpaired) electrons. The molecule has 0 heterocycles. The summed E-state index contributed by atoms with van der Waals surface area (Å²) in [5, 5.41) is 1.01. The molecule has 1 aromatic rings. The highest BCUT2D eigenvalue weighted by atomic mass is 35.5. The van der Waals surface area contributed by atoms with Crippen molar-refractivity contribution >= 4 is 41.2 Å². The molecule has 0 spiro atoms. The monoisotopic (exact) mass is 343 g/mol. The van der Waals surface area contributed by atoms with E-state index in [1.807, 2.05) is 6.92 Å². The van der Waals surface area contributed by atoms with Gasteiger partial charge in [-0.05, 0) is 30.7 Å². The van der Waals surface area contributed by atoms with Crippen LogP contribution in [0.15, 0.2) is 24.3 Å². The summed E-state index contributed by atoms with van der Waals surface area (Å²) in [6.07, 6.45) is 3.06. The molecule has 0 aliphatic rings. The van der Waals surface area contributed by atoms with Crippen LogP contribution in [0, 0.1) is 5.92 Å². The maximum atomic E-state index is 12.2. The summed E-state index contributed by atoms with van der Waals surface area (Å²) in [5.41, 5.74) is 0.705. The number of ether oxygens (including phenoxy) is 1. The fourth-order valence-electron chi connectivity index (χ4n) is 1.88. The number of rotatable bonds is 6. The van der Waals surface area contributed by atoms with Crippen molar-refractivity contribution in [1.29, 1.82) is 0 Å². The summed E-state index contributed by atoms with van der Waals surface area (Å²) < 4.78 is 4.67. The Kier molecular flexibility index (Phi) is 7.42. The van der Waals surface area contributed by atoms with Crippen LogP contribution < -0.4 is 0 Å². The smallest absolute Gasteiger partial charge is 0.310 e. The van der Waals surface area contributed by atoms with E-state index in [4.69, 9.17) is 23.2 Å². The third-order valence-corrected chi connectivity index (χ3v) is 3.72. The Hall–Kier alpha value is -1.52. The van der Waals surface area contributed by atoms with Gasteiger partial charge in [-0.1, -0.05) is 36.2 Å². The van der Waals surface area contributed by atoms with Crippen LogP contribution in [-0.4, -0.2) is 37.0 Å². The second kappa shape index (κ2) is 8.81. The van der Waals surface area contributed by atoms with Crippen LogP contribution in [-0.2, 0) is 14.3 Å². The zero-order chi connectivity index (χ0) is 16.7. The lowest BCUT2D eigenvalue weighted by atomic mass is 10.1. The maximum absolute atomic E-state index is 12.2. The predicted octanol–water partition coefficient (Wildman–Crippen LogP) is 3.66. The molecule has 0 N–H and O–H groups in total. The van der Waals surface area contributed by atoms with Crippen LogP contribution in [0.5, 0.6) is 0 Å². The van der Waals surface area contributed by atoms with Crippen LogP contribution >= 0.6 is 23.2 Å². The Bertz CT molecular complexity index is 573. The van der Waals surface area contributed by atoms with E-state index in [1.54, 1.807) is 36.1 Å². The van der Waals surface area contributed by atoms with E-state index >= 15 is 0 Å². The number of amides is 1. The normalized spacial score (nSPS) is 12.2. The second-order valence-electron chi connectivity index (χ2n) is 4.80. The molecule has 6 heteroatoms. The average molecular weight is 344 g/mol. The van der Waals surface area contributed by atoms with Crippen LogP contribution in [0.4, 0.5) is 0 Å². The molecule has 4 nitrogen and oxygen atoms in total. The number of nitrogens with zero attached hydrogens (tertiary/aromatic N) is 1. The van der Waals surface area contributed by atoms with Crippen molar-refractivity contribution in [3.05, 3.63) is 39.9 Å². The highest BCUT2D eigenvalue weighted by Gasteiger charge is 2.19. The Labute approximate surface area is 140 Å². The Morgan fingerprint density at radius 2 is 2.05 bits per heavy atom. The quantitative estimate of drug-likeness (QED) is 0.584. The van der Waals surface area contributed by atoms with Crippen molar-refractivity contribution in [2.24, 2.45) is 5.92 Å². The minimum atomic E-state index is -0.374. The second-order valence-corrected chi connectivity index (χ2v) is 5.64. The number of hydrogen-bond donors (Lipinski definition) is 0. The first-order valence-electron chi connectivity index (χ1n) is 6.88. The number of carbonyl (C=O) groups is 2. The Balaban J connectivity index is 2.76. The summed E-state index contributed by atoms with van der Waals surface area (Å²) >= 11 is 11.9. The molecule has 0 aliphatic carbocycles. The molecule has 22 heavy (non-hydrogen) atoms.